The van der Waals surface area contributed by atoms with Gasteiger partial charge in [0, 0.05) is 16.2 Å². The molecular formula is C16H21BrFNO2. The van der Waals surface area contributed by atoms with Crippen molar-refractivity contribution in [3.05, 3.63) is 40.3 Å². The second-order valence-corrected chi connectivity index (χ2v) is 6.02. The summed E-state index contributed by atoms with van der Waals surface area (Å²) >= 11 is 3.22. The quantitative estimate of drug-likeness (QED) is 0.558. The molecule has 3 nitrogen and oxygen atoms in total. The first-order chi connectivity index (χ1) is 9.92. The summed E-state index contributed by atoms with van der Waals surface area (Å²) in [6.45, 7) is 6.27. The Hall–Kier alpha value is -1.36. The maximum absolute atomic E-state index is 13.9. The van der Waals surface area contributed by atoms with Gasteiger partial charge in [-0.15, -0.1) is 0 Å². The maximum atomic E-state index is 13.9. The predicted molar refractivity (Wildman–Crippen MR) is 86.5 cm³/mol. The molecule has 0 heterocycles. The first kappa shape index (κ1) is 17.7. The molecule has 0 atom stereocenters. The predicted octanol–water partition coefficient (Wildman–Crippen LogP) is 4.88. The van der Waals surface area contributed by atoms with Gasteiger partial charge in [0.1, 0.15) is 5.82 Å². The first-order valence-electron chi connectivity index (χ1n) is 7.01. The summed E-state index contributed by atoms with van der Waals surface area (Å²) in [6.07, 6.45) is 2.95. The Morgan fingerprint density at radius 2 is 2.19 bits per heavy atom. The molecule has 0 fully saturated rings. The van der Waals surface area contributed by atoms with E-state index in [4.69, 9.17) is 4.74 Å². The highest BCUT2D eigenvalue weighted by atomic mass is 79.9. The van der Waals surface area contributed by atoms with E-state index in [9.17, 15) is 9.18 Å². The zero-order valence-electron chi connectivity index (χ0n) is 12.6. The van der Waals surface area contributed by atoms with E-state index in [0.29, 0.717) is 34.8 Å². The van der Waals surface area contributed by atoms with E-state index in [1.54, 1.807) is 19.1 Å². The lowest BCUT2D eigenvalue weighted by Crippen LogP contribution is -2.08. The Kier molecular flexibility index (Phi) is 7.43. The largest absolute Gasteiger partial charge is 0.463 e. The third kappa shape index (κ3) is 6.76. The van der Waals surface area contributed by atoms with Crippen LogP contribution in [0.2, 0.25) is 0 Å². The van der Waals surface area contributed by atoms with Crippen molar-refractivity contribution in [1.82, 2.24) is 0 Å². The molecule has 1 aromatic carbocycles. The van der Waals surface area contributed by atoms with Gasteiger partial charge in [0.25, 0.3) is 0 Å². The highest BCUT2D eigenvalue weighted by Crippen LogP contribution is 2.22. The summed E-state index contributed by atoms with van der Waals surface area (Å²) in [5, 5.41) is 2.98. The van der Waals surface area contributed by atoms with Gasteiger partial charge in [0.2, 0.25) is 0 Å². The fraction of sp³-hybridized carbons (Fsp3) is 0.438. The Labute approximate surface area is 133 Å². The van der Waals surface area contributed by atoms with Crippen LogP contribution in [0.4, 0.5) is 10.1 Å². The van der Waals surface area contributed by atoms with Gasteiger partial charge in [-0.3, -0.25) is 0 Å². The molecule has 21 heavy (non-hydrogen) atoms. The van der Waals surface area contributed by atoms with Gasteiger partial charge in [0.05, 0.1) is 12.3 Å². The van der Waals surface area contributed by atoms with Crippen LogP contribution in [0, 0.1) is 11.7 Å². The molecule has 0 saturated heterocycles. The summed E-state index contributed by atoms with van der Waals surface area (Å²) < 4.78 is 19.4. The van der Waals surface area contributed by atoms with Crippen LogP contribution in [-0.2, 0) is 9.53 Å². The Morgan fingerprint density at radius 1 is 1.48 bits per heavy atom. The molecule has 0 radical (unpaired) electrons. The number of anilines is 1. The number of nitrogens with one attached hydrogen (secondary N) is 1. The van der Waals surface area contributed by atoms with E-state index in [-0.39, 0.29) is 5.82 Å². The number of hydrogen-bond donors (Lipinski definition) is 1. The number of rotatable bonds is 7. The lowest BCUT2D eigenvalue weighted by molar-refractivity contribution is -0.137. The molecule has 0 aliphatic carbocycles. The Balaban J connectivity index is 2.87. The van der Waals surface area contributed by atoms with Crippen molar-refractivity contribution in [2.75, 3.05) is 11.9 Å². The Bertz CT molecular complexity index is 515. The molecule has 0 amide bonds. The molecule has 1 N–H and O–H groups in total. The van der Waals surface area contributed by atoms with Gasteiger partial charge in [-0.1, -0.05) is 29.8 Å². The van der Waals surface area contributed by atoms with Crippen molar-refractivity contribution >= 4 is 27.6 Å². The van der Waals surface area contributed by atoms with E-state index in [1.165, 1.54) is 12.1 Å². The Morgan fingerprint density at radius 3 is 2.76 bits per heavy atom. The van der Waals surface area contributed by atoms with Crippen LogP contribution in [-0.4, -0.2) is 12.6 Å². The normalized spacial score (nSPS) is 11.6. The summed E-state index contributed by atoms with van der Waals surface area (Å²) in [5.74, 6) is -0.294. The molecule has 0 aromatic heterocycles. The van der Waals surface area contributed by atoms with Crippen molar-refractivity contribution < 1.29 is 13.9 Å². The van der Waals surface area contributed by atoms with Crippen molar-refractivity contribution in [3.63, 3.8) is 0 Å². The van der Waals surface area contributed by atoms with Gasteiger partial charge in [-0.25, -0.2) is 9.18 Å². The van der Waals surface area contributed by atoms with E-state index >= 15 is 0 Å². The summed E-state index contributed by atoms with van der Waals surface area (Å²) in [6, 6.07) is 4.76. The lowest BCUT2D eigenvalue weighted by Gasteiger charge is -2.13. The van der Waals surface area contributed by atoms with Crippen molar-refractivity contribution in [2.45, 2.75) is 33.6 Å². The minimum absolute atomic E-state index is 0.319. The van der Waals surface area contributed by atoms with Crippen molar-refractivity contribution in [3.8, 4) is 0 Å². The van der Waals surface area contributed by atoms with E-state index in [1.807, 2.05) is 0 Å². The second-order valence-electron chi connectivity index (χ2n) is 5.10. The van der Waals surface area contributed by atoms with Gasteiger partial charge >= 0.3 is 5.97 Å². The molecule has 0 unspecified atom stereocenters. The zero-order valence-corrected chi connectivity index (χ0v) is 14.2. The van der Waals surface area contributed by atoms with Crippen LogP contribution in [0.3, 0.4) is 0 Å². The van der Waals surface area contributed by atoms with Crippen LogP contribution in [0.15, 0.2) is 34.4 Å². The highest BCUT2D eigenvalue weighted by molar-refractivity contribution is 9.10. The van der Waals surface area contributed by atoms with Crippen LogP contribution in [0.5, 0.6) is 0 Å². The molecule has 0 saturated carbocycles. The molecular weight excluding hydrogens is 337 g/mol. The topological polar surface area (TPSA) is 38.3 Å². The average Bonchev–Trinajstić information content (AvgIpc) is 2.39. The van der Waals surface area contributed by atoms with Crippen molar-refractivity contribution in [1.29, 1.82) is 0 Å². The molecule has 1 rings (SSSR count). The summed E-state index contributed by atoms with van der Waals surface area (Å²) in [4.78, 5) is 11.6. The van der Waals surface area contributed by atoms with Gasteiger partial charge < -0.3 is 10.1 Å². The number of carbonyl (C=O) groups is 1. The maximum Gasteiger partial charge on any atom is 0.332 e. The van der Waals surface area contributed by atoms with Crippen molar-refractivity contribution in [2.24, 2.45) is 5.92 Å². The van der Waals surface area contributed by atoms with Crippen LogP contribution in [0.25, 0.3) is 0 Å². The molecule has 1 aromatic rings. The number of halogens is 2. The summed E-state index contributed by atoms with van der Waals surface area (Å²) in [5.41, 5.74) is 1.00. The fourth-order valence-corrected chi connectivity index (χ4v) is 2.04. The third-order valence-corrected chi connectivity index (χ3v) is 3.29. The smallest absolute Gasteiger partial charge is 0.332 e. The van der Waals surface area contributed by atoms with Gasteiger partial charge in [-0.2, -0.15) is 0 Å². The number of hydrogen-bond acceptors (Lipinski definition) is 3. The minimum Gasteiger partial charge on any atom is -0.463 e. The SMILES string of the molecule is CCOC(=O)C=C(CCC(C)C)Nc1ccc(Br)cc1F. The second kappa shape index (κ2) is 8.82. The summed E-state index contributed by atoms with van der Waals surface area (Å²) in [7, 11) is 0. The van der Waals surface area contributed by atoms with Crippen LogP contribution >= 0.6 is 15.9 Å². The first-order valence-corrected chi connectivity index (χ1v) is 7.81. The van der Waals surface area contributed by atoms with Gasteiger partial charge in [0.15, 0.2) is 0 Å². The van der Waals surface area contributed by atoms with Crippen LogP contribution < -0.4 is 5.32 Å². The minimum atomic E-state index is -0.415. The van der Waals surface area contributed by atoms with E-state index in [0.717, 1.165) is 6.42 Å². The molecule has 0 aliphatic rings. The monoisotopic (exact) mass is 357 g/mol. The highest BCUT2D eigenvalue weighted by Gasteiger charge is 2.08. The average molecular weight is 358 g/mol. The number of allylic oxidation sites excluding steroid dienone is 1. The lowest BCUT2D eigenvalue weighted by atomic mass is 10.1. The third-order valence-electron chi connectivity index (χ3n) is 2.80. The number of benzene rings is 1. The molecule has 0 aliphatic heterocycles. The molecule has 0 spiro atoms. The number of carbonyl (C=O) groups excluding carboxylic acids is 1. The molecule has 116 valence electrons. The van der Waals surface area contributed by atoms with E-state index in [2.05, 4.69) is 35.1 Å². The zero-order chi connectivity index (χ0) is 15.8. The fourth-order valence-electron chi connectivity index (χ4n) is 1.70. The number of esters is 1. The molecule has 0 bridgehead atoms. The standard InChI is InChI=1S/C16H21BrFNO2/c1-4-21-16(20)10-13(7-5-11(2)3)19-15-8-6-12(17)9-14(15)18/h6,8-11,19H,4-5,7H2,1-3H3. The molecule has 5 heteroatoms. The van der Waals surface area contributed by atoms with E-state index < -0.39 is 5.97 Å². The number of ether oxygens (including phenoxy) is 1. The van der Waals surface area contributed by atoms with Gasteiger partial charge in [-0.05, 0) is 43.9 Å². The van der Waals surface area contributed by atoms with Crippen LogP contribution in [0.1, 0.15) is 33.6 Å².